The molecule has 2 nitrogen and oxygen atoms in total. The molecule has 0 radical (unpaired) electrons. The molecule has 1 rings (SSSR count). The number of hydrogen-bond acceptors (Lipinski definition) is 2. The number of aliphatic hydroxyl groups excluding tert-OH is 1. The Hall–Kier alpha value is -0.730. The van der Waals surface area contributed by atoms with Crippen molar-refractivity contribution < 1.29 is 5.11 Å². The third-order valence-electron chi connectivity index (χ3n) is 3.59. The summed E-state index contributed by atoms with van der Waals surface area (Å²) in [6.07, 6.45) is 2.41. The maximum atomic E-state index is 9.13. The van der Waals surface area contributed by atoms with Crippen LogP contribution in [0.25, 0.3) is 0 Å². The average Bonchev–Trinajstić information content (AvgIpc) is 2.40. The minimum absolute atomic E-state index is 0.00220. The second kappa shape index (κ2) is 7.65. The Morgan fingerprint density at radius 1 is 1.22 bits per heavy atom. The quantitative estimate of drug-likeness (QED) is 0.806. The van der Waals surface area contributed by atoms with Crippen LogP contribution in [0.4, 0.5) is 5.69 Å². The summed E-state index contributed by atoms with van der Waals surface area (Å²) < 4.78 is 0. The maximum absolute atomic E-state index is 9.13. The largest absolute Gasteiger partial charge is 0.392 e. The van der Waals surface area contributed by atoms with Gasteiger partial charge < -0.3 is 10.0 Å². The average molecular weight is 270 g/mol. The third-order valence-corrected chi connectivity index (χ3v) is 3.94. The highest BCUT2D eigenvalue weighted by Gasteiger charge is 2.12. The molecule has 0 fully saturated rings. The van der Waals surface area contributed by atoms with E-state index in [0.29, 0.717) is 5.02 Å². The molecule has 0 saturated carbocycles. The van der Waals surface area contributed by atoms with Crippen molar-refractivity contribution in [2.45, 2.75) is 40.2 Å². The van der Waals surface area contributed by atoms with Crippen LogP contribution in [-0.4, -0.2) is 18.2 Å². The standard InChI is InChI=1S/C15H24ClNO/c1-4-12(5-2)10-17(6-3)14-8-7-13(11-18)15(16)9-14/h7-9,12,18H,4-6,10-11H2,1-3H3. The summed E-state index contributed by atoms with van der Waals surface area (Å²) in [6.45, 7) is 8.69. The number of nitrogens with zero attached hydrogens (tertiary/aromatic N) is 1. The first-order chi connectivity index (χ1) is 8.65. The highest BCUT2D eigenvalue weighted by Crippen LogP contribution is 2.25. The van der Waals surface area contributed by atoms with E-state index < -0.39 is 0 Å². The Balaban J connectivity index is 2.84. The Labute approximate surface area is 116 Å². The molecular weight excluding hydrogens is 246 g/mol. The van der Waals surface area contributed by atoms with Crippen LogP contribution in [0.5, 0.6) is 0 Å². The van der Waals surface area contributed by atoms with E-state index in [1.165, 1.54) is 12.8 Å². The van der Waals surface area contributed by atoms with Crippen LogP contribution in [-0.2, 0) is 6.61 Å². The van der Waals surface area contributed by atoms with Crippen molar-refractivity contribution in [2.75, 3.05) is 18.0 Å². The molecule has 0 aromatic heterocycles. The summed E-state index contributed by atoms with van der Waals surface area (Å²) in [7, 11) is 0. The zero-order chi connectivity index (χ0) is 13.5. The van der Waals surface area contributed by atoms with Crippen LogP contribution in [0.2, 0.25) is 5.02 Å². The van der Waals surface area contributed by atoms with Gasteiger partial charge in [0.05, 0.1) is 6.61 Å². The first-order valence-electron chi connectivity index (χ1n) is 6.80. The van der Waals surface area contributed by atoms with Crippen molar-refractivity contribution in [1.29, 1.82) is 0 Å². The lowest BCUT2D eigenvalue weighted by Gasteiger charge is -2.27. The predicted molar refractivity (Wildman–Crippen MR) is 79.3 cm³/mol. The molecule has 0 heterocycles. The second-order valence-corrected chi connectivity index (χ2v) is 5.06. The number of rotatable bonds is 7. The van der Waals surface area contributed by atoms with Crippen LogP contribution in [0.3, 0.4) is 0 Å². The summed E-state index contributed by atoms with van der Waals surface area (Å²) in [6, 6.07) is 5.91. The summed E-state index contributed by atoms with van der Waals surface area (Å²) in [4.78, 5) is 2.35. The van der Waals surface area contributed by atoms with E-state index in [1.807, 2.05) is 18.2 Å². The van der Waals surface area contributed by atoms with Crippen molar-refractivity contribution >= 4 is 17.3 Å². The third kappa shape index (κ3) is 3.89. The highest BCUT2D eigenvalue weighted by molar-refractivity contribution is 6.31. The zero-order valence-corrected chi connectivity index (χ0v) is 12.4. The molecule has 0 aliphatic carbocycles. The molecule has 1 aromatic carbocycles. The molecule has 18 heavy (non-hydrogen) atoms. The van der Waals surface area contributed by atoms with E-state index in [9.17, 15) is 0 Å². The summed E-state index contributed by atoms with van der Waals surface area (Å²) in [5.41, 5.74) is 1.94. The van der Waals surface area contributed by atoms with Gasteiger partial charge in [0.25, 0.3) is 0 Å². The molecule has 0 aliphatic rings. The van der Waals surface area contributed by atoms with Gasteiger partial charge in [0.1, 0.15) is 0 Å². The van der Waals surface area contributed by atoms with Crippen molar-refractivity contribution in [3.63, 3.8) is 0 Å². The molecule has 0 atom stereocenters. The Morgan fingerprint density at radius 2 is 1.89 bits per heavy atom. The summed E-state index contributed by atoms with van der Waals surface area (Å²) in [5.74, 6) is 0.723. The monoisotopic (exact) mass is 269 g/mol. The molecule has 0 spiro atoms. The molecular formula is C15H24ClNO. The fraction of sp³-hybridized carbons (Fsp3) is 0.600. The van der Waals surface area contributed by atoms with Crippen LogP contribution in [0.15, 0.2) is 18.2 Å². The minimum atomic E-state index is -0.00220. The fourth-order valence-corrected chi connectivity index (χ4v) is 2.37. The molecule has 0 saturated heterocycles. The minimum Gasteiger partial charge on any atom is -0.392 e. The molecule has 3 heteroatoms. The lowest BCUT2D eigenvalue weighted by atomic mass is 10.0. The first kappa shape index (κ1) is 15.3. The van der Waals surface area contributed by atoms with E-state index in [1.54, 1.807) is 0 Å². The summed E-state index contributed by atoms with van der Waals surface area (Å²) in [5, 5.41) is 9.78. The lowest BCUT2D eigenvalue weighted by molar-refractivity contribution is 0.282. The smallest absolute Gasteiger partial charge is 0.0696 e. The van der Waals surface area contributed by atoms with Gasteiger partial charge in [0.15, 0.2) is 0 Å². The number of aliphatic hydroxyl groups is 1. The number of hydrogen-bond donors (Lipinski definition) is 1. The van der Waals surface area contributed by atoms with Crippen molar-refractivity contribution in [3.8, 4) is 0 Å². The zero-order valence-electron chi connectivity index (χ0n) is 11.6. The Kier molecular flexibility index (Phi) is 6.51. The Bertz CT molecular complexity index is 364. The molecule has 1 N–H and O–H groups in total. The molecule has 0 bridgehead atoms. The van der Waals surface area contributed by atoms with Crippen molar-refractivity contribution in [1.82, 2.24) is 0 Å². The van der Waals surface area contributed by atoms with Crippen LogP contribution >= 0.6 is 11.6 Å². The highest BCUT2D eigenvalue weighted by atomic mass is 35.5. The molecule has 0 aliphatic heterocycles. The van der Waals surface area contributed by atoms with Crippen molar-refractivity contribution in [2.24, 2.45) is 5.92 Å². The van der Waals surface area contributed by atoms with E-state index in [-0.39, 0.29) is 6.61 Å². The number of halogens is 1. The van der Waals surface area contributed by atoms with Gasteiger partial charge >= 0.3 is 0 Å². The topological polar surface area (TPSA) is 23.5 Å². The van der Waals surface area contributed by atoms with Gasteiger partial charge in [-0.3, -0.25) is 0 Å². The van der Waals surface area contributed by atoms with Gasteiger partial charge in [-0.2, -0.15) is 0 Å². The fourth-order valence-electron chi connectivity index (χ4n) is 2.14. The normalized spacial score (nSPS) is 11.0. The Morgan fingerprint density at radius 3 is 2.33 bits per heavy atom. The molecule has 0 unspecified atom stereocenters. The van der Waals surface area contributed by atoms with Crippen molar-refractivity contribution in [3.05, 3.63) is 28.8 Å². The van der Waals surface area contributed by atoms with Gasteiger partial charge in [0, 0.05) is 23.8 Å². The van der Waals surface area contributed by atoms with Gasteiger partial charge in [0.2, 0.25) is 0 Å². The summed E-state index contributed by atoms with van der Waals surface area (Å²) >= 11 is 6.15. The van der Waals surface area contributed by atoms with E-state index in [0.717, 1.165) is 30.3 Å². The SMILES string of the molecule is CCC(CC)CN(CC)c1ccc(CO)c(Cl)c1. The second-order valence-electron chi connectivity index (χ2n) is 4.65. The lowest BCUT2D eigenvalue weighted by Crippen LogP contribution is -2.28. The van der Waals surface area contributed by atoms with E-state index in [2.05, 4.69) is 25.7 Å². The van der Waals surface area contributed by atoms with E-state index in [4.69, 9.17) is 16.7 Å². The molecule has 0 amide bonds. The van der Waals surface area contributed by atoms with Gasteiger partial charge in [-0.1, -0.05) is 44.4 Å². The molecule has 102 valence electrons. The molecule has 1 aromatic rings. The number of anilines is 1. The first-order valence-corrected chi connectivity index (χ1v) is 7.18. The number of benzene rings is 1. The van der Waals surface area contributed by atoms with Gasteiger partial charge in [-0.15, -0.1) is 0 Å². The predicted octanol–water partition coefficient (Wildman–Crippen LogP) is 4.09. The van der Waals surface area contributed by atoms with Gasteiger partial charge in [-0.25, -0.2) is 0 Å². The van der Waals surface area contributed by atoms with Crippen LogP contribution in [0, 0.1) is 5.92 Å². The maximum Gasteiger partial charge on any atom is 0.0696 e. The van der Waals surface area contributed by atoms with Crippen LogP contribution in [0.1, 0.15) is 39.2 Å². The van der Waals surface area contributed by atoms with Gasteiger partial charge in [-0.05, 0) is 30.5 Å². The van der Waals surface area contributed by atoms with E-state index >= 15 is 0 Å². The van der Waals surface area contributed by atoms with Crippen LogP contribution < -0.4 is 4.90 Å².